The van der Waals surface area contributed by atoms with E-state index in [0.717, 1.165) is 29.7 Å². The summed E-state index contributed by atoms with van der Waals surface area (Å²) in [5.41, 5.74) is 2.42. The van der Waals surface area contributed by atoms with Crippen LogP contribution in [-0.2, 0) is 11.2 Å². The summed E-state index contributed by atoms with van der Waals surface area (Å²) >= 11 is 6.06. The van der Waals surface area contributed by atoms with E-state index in [-0.39, 0.29) is 11.8 Å². The smallest absolute Gasteiger partial charge is 0.255 e. The van der Waals surface area contributed by atoms with Crippen LogP contribution in [0.5, 0.6) is 11.5 Å². The van der Waals surface area contributed by atoms with Gasteiger partial charge in [0.05, 0.1) is 25.7 Å². The predicted octanol–water partition coefficient (Wildman–Crippen LogP) is 4.02. The highest BCUT2D eigenvalue weighted by Crippen LogP contribution is 2.24. The summed E-state index contributed by atoms with van der Waals surface area (Å²) in [6.07, 6.45) is 2.55. The van der Waals surface area contributed by atoms with Gasteiger partial charge >= 0.3 is 0 Å². The Kier molecular flexibility index (Phi) is 8.18. The van der Waals surface area contributed by atoms with E-state index in [2.05, 4.69) is 5.32 Å². The number of rotatable bonds is 3. The van der Waals surface area contributed by atoms with Gasteiger partial charge in [-0.3, -0.25) is 9.59 Å². The maximum Gasteiger partial charge on any atom is 0.255 e. The van der Waals surface area contributed by atoms with Gasteiger partial charge in [0.1, 0.15) is 11.5 Å². The predicted molar refractivity (Wildman–Crippen MR) is 121 cm³/mol. The summed E-state index contributed by atoms with van der Waals surface area (Å²) in [5, 5.41) is 3.40. The van der Waals surface area contributed by atoms with Crippen molar-refractivity contribution in [3.63, 3.8) is 0 Å². The first-order valence-corrected chi connectivity index (χ1v) is 11.0. The maximum absolute atomic E-state index is 13.1. The highest BCUT2D eigenvalue weighted by Gasteiger charge is 2.18. The fourth-order valence-corrected chi connectivity index (χ4v) is 3.82. The molecule has 0 fully saturated rings. The number of amides is 2. The zero-order chi connectivity index (χ0) is 22.2. The molecule has 2 aromatic rings. The molecule has 0 aliphatic carbocycles. The van der Waals surface area contributed by atoms with Crippen molar-refractivity contribution in [2.75, 3.05) is 33.4 Å². The molecule has 0 atom stereocenters. The number of nitrogens with zero attached hydrogens (tertiary/aromatic N) is 1. The van der Waals surface area contributed by atoms with Gasteiger partial charge in [0, 0.05) is 30.2 Å². The lowest BCUT2D eigenvalue weighted by atomic mass is 10.1. The van der Waals surface area contributed by atoms with Gasteiger partial charge in [-0.25, -0.2) is 0 Å². The minimum Gasteiger partial charge on any atom is -0.496 e. The van der Waals surface area contributed by atoms with Crippen molar-refractivity contribution in [2.24, 2.45) is 0 Å². The summed E-state index contributed by atoms with van der Waals surface area (Å²) in [4.78, 5) is 27.4. The van der Waals surface area contributed by atoms with Crippen molar-refractivity contribution in [2.45, 2.75) is 32.6 Å². The lowest BCUT2D eigenvalue weighted by Gasteiger charge is -2.23. The highest BCUT2D eigenvalue weighted by atomic mass is 35.5. The number of nitrogens with one attached hydrogen (secondary N) is 1. The number of ether oxygens (including phenoxy) is 2. The number of hydrogen-bond donors (Lipinski definition) is 1. The lowest BCUT2D eigenvalue weighted by Crippen LogP contribution is -2.35. The molecule has 0 radical (unpaired) electrons. The van der Waals surface area contributed by atoms with Crippen LogP contribution in [0.4, 0.5) is 0 Å². The van der Waals surface area contributed by atoms with E-state index in [1.54, 1.807) is 25.3 Å². The Bertz CT molecular complexity index is 932. The second-order valence-corrected chi connectivity index (χ2v) is 8.11. The van der Waals surface area contributed by atoms with Crippen LogP contribution in [0, 0.1) is 6.92 Å². The van der Waals surface area contributed by atoms with Gasteiger partial charge in [0.15, 0.2) is 0 Å². The van der Waals surface area contributed by atoms with Crippen molar-refractivity contribution in [1.82, 2.24) is 10.2 Å². The van der Waals surface area contributed by atoms with E-state index in [4.69, 9.17) is 21.1 Å². The SMILES string of the molecule is COc1ccc(C)cc1CC(=O)N1CCCCNC(=O)c2cc(Cl)ccc2OCCC1. The number of aryl methyl sites for hydroxylation is 1. The summed E-state index contributed by atoms with van der Waals surface area (Å²) in [7, 11) is 1.62. The Morgan fingerprint density at radius 3 is 2.77 bits per heavy atom. The third-order valence-corrected chi connectivity index (χ3v) is 5.52. The van der Waals surface area contributed by atoms with Crippen LogP contribution in [0.3, 0.4) is 0 Å². The van der Waals surface area contributed by atoms with E-state index in [9.17, 15) is 9.59 Å². The molecule has 2 aromatic carbocycles. The fraction of sp³-hybridized carbons (Fsp3) is 0.417. The quantitative estimate of drug-likeness (QED) is 0.776. The van der Waals surface area contributed by atoms with Gasteiger partial charge in [-0.2, -0.15) is 0 Å². The number of benzene rings is 2. The average molecular weight is 445 g/mol. The number of carbonyl (C=O) groups is 2. The van der Waals surface area contributed by atoms with Crippen molar-refractivity contribution < 1.29 is 19.1 Å². The van der Waals surface area contributed by atoms with Gasteiger partial charge in [0.2, 0.25) is 5.91 Å². The molecule has 0 bridgehead atoms. The van der Waals surface area contributed by atoms with Crippen molar-refractivity contribution in [1.29, 1.82) is 0 Å². The molecule has 3 rings (SSSR count). The number of hydrogen-bond acceptors (Lipinski definition) is 4. The first-order chi connectivity index (χ1) is 15.0. The van der Waals surface area contributed by atoms with Crippen molar-refractivity contribution in [3.8, 4) is 11.5 Å². The minimum atomic E-state index is -0.198. The molecule has 0 saturated heterocycles. The van der Waals surface area contributed by atoms with E-state index in [0.29, 0.717) is 55.4 Å². The lowest BCUT2D eigenvalue weighted by molar-refractivity contribution is -0.130. The first kappa shape index (κ1) is 22.9. The van der Waals surface area contributed by atoms with Gasteiger partial charge in [-0.15, -0.1) is 0 Å². The topological polar surface area (TPSA) is 67.9 Å². The Morgan fingerprint density at radius 2 is 1.97 bits per heavy atom. The van der Waals surface area contributed by atoms with Crippen LogP contribution in [0.2, 0.25) is 5.02 Å². The van der Waals surface area contributed by atoms with Crippen LogP contribution in [0.15, 0.2) is 36.4 Å². The molecule has 7 heteroatoms. The van der Waals surface area contributed by atoms with E-state index >= 15 is 0 Å². The zero-order valence-electron chi connectivity index (χ0n) is 18.1. The summed E-state index contributed by atoms with van der Waals surface area (Å²) in [5.74, 6) is 1.10. The van der Waals surface area contributed by atoms with Gasteiger partial charge in [0.25, 0.3) is 5.91 Å². The molecule has 1 aliphatic heterocycles. The molecule has 0 saturated carbocycles. The Labute approximate surface area is 188 Å². The molecule has 1 N–H and O–H groups in total. The molecule has 0 spiro atoms. The summed E-state index contributed by atoms with van der Waals surface area (Å²) in [6.45, 7) is 4.17. The highest BCUT2D eigenvalue weighted by molar-refractivity contribution is 6.31. The number of methoxy groups -OCH3 is 1. The minimum absolute atomic E-state index is 0.0648. The average Bonchev–Trinajstić information content (AvgIpc) is 2.76. The van der Waals surface area contributed by atoms with Crippen molar-refractivity contribution >= 4 is 23.4 Å². The van der Waals surface area contributed by atoms with Gasteiger partial charge in [-0.1, -0.05) is 29.3 Å². The zero-order valence-corrected chi connectivity index (χ0v) is 18.8. The molecule has 1 aliphatic rings. The van der Waals surface area contributed by atoms with Crippen molar-refractivity contribution in [3.05, 3.63) is 58.1 Å². The second-order valence-electron chi connectivity index (χ2n) is 7.68. The number of halogens is 1. The van der Waals surface area contributed by atoms with Crippen LogP contribution in [-0.4, -0.2) is 50.1 Å². The Morgan fingerprint density at radius 1 is 1.16 bits per heavy atom. The maximum atomic E-state index is 13.1. The fourth-order valence-electron chi connectivity index (χ4n) is 3.65. The van der Waals surface area contributed by atoms with E-state index in [1.807, 2.05) is 30.0 Å². The Hall–Kier alpha value is -2.73. The van der Waals surface area contributed by atoms with Gasteiger partial charge < -0.3 is 19.7 Å². The first-order valence-electron chi connectivity index (χ1n) is 10.6. The number of carbonyl (C=O) groups excluding carboxylic acids is 2. The molecule has 1 heterocycles. The number of fused-ring (bicyclic) bond motifs is 1. The molecular formula is C24H29ClN2O4. The normalized spacial score (nSPS) is 15.5. The largest absolute Gasteiger partial charge is 0.496 e. The molecule has 0 unspecified atom stereocenters. The third kappa shape index (κ3) is 6.37. The van der Waals surface area contributed by atoms with Crippen LogP contribution >= 0.6 is 11.6 Å². The second kappa shape index (κ2) is 11.0. The molecule has 0 aromatic heterocycles. The monoisotopic (exact) mass is 444 g/mol. The Balaban J connectivity index is 1.69. The van der Waals surface area contributed by atoms with Crippen LogP contribution in [0.25, 0.3) is 0 Å². The third-order valence-electron chi connectivity index (χ3n) is 5.29. The molecule has 166 valence electrons. The molecule has 2 amide bonds. The van der Waals surface area contributed by atoms with E-state index in [1.165, 1.54) is 0 Å². The molecular weight excluding hydrogens is 416 g/mol. The summed E-state index contributed by atoms with van der Waals surface area (Å²) in [6, 6.07) is 10.9. The van der Waals surface area contributed by atoms with Gasteiger partial charge in [-0.05, 0) is 50.5 Å². The van der Waals surface area contributed by atoms with E-state index < -0.39 is 0 Å². The standard InChI is InChI=1S/C24H29ClN2O4/c1-17-6-8-21(30-2)18(14-17)15-23(28)27-11-4-3-10-26-24(29)20-16-19(25)7-9-22(20)31-13-5-12-27/h6-9,14,16H,3-5,10-13,15H2,1-2H3,(H,26,29). The van der Waals surface area contributed by atoms with Crippen LogP contribution in [0.1, 0.15) is 40.7 Å². The molecule has 6 nitrogen and oxygen atoms in total. The van der Waals surface area contributed by atoms with Crippen LogP contribution < -0.4 is 14.8 Å². The molecule has 31 heavy (non-hydrogen) atoms. The summed E-state index contributed by atoms with van der Waals surface area (Å²) < 4.78 is 11.3.